The van der Waals surface area contributed by atoms with Gasteiger partial charge in [0.05, 0.1) is 5.60 Å². The average Bonchev–Trinajstić information content (AvgIpc) is 2.04. The molecule has 1 saturated carbocycles. The van der Waals surface area contributed by atoms with Gasteiger partial charge in [0.1, 0.15) is 0 Å². The molecule has 0 aromatic rings. The van der Waals surface area contributed by atoms with Crippen molar-refractivity contribution in [3.63, 3.8) is 0 Å². The van der Waals surface area contributed by atoms with Crippen molar-refractivity contribution in [3.8, 4) is 0 Å². The van der Waals surface area contributed by atoms with Crippen LogP contribution in [0.25, 0.3) is 0 Å². The van der Waals surface area contributed by atoms with E-state index >= 15 is 0 Å². The summed E-state index contributed by atoms with van der Waals surface area (Å²) >= 11 is 0. The van der Waals surface area contributed by atoms with Crippen molar-refractivity contribution in [2.24, 2.45) is 5.92 Å². The Balaban J connectivity index is 1.77. The fraction of sp³-hybridized carbons (Fsp3) is 1.00. The molecule has 2 heteroatoms. The van der Waals surface area contributed by atoms with E-state index in [9.17, 15) is 5.11 Å². The van der Waals surface area contributed by atoms with E-state index in [0.717, 1.165) is 31.7 Å². The van der Waals surface area contributed by atoms with Gasteiger partial charge in [-0.2, -0.15) is 0 Å². The zero-order valence-electron chi connectivity index (χ0n) is 7.68. The third kappa shape index (κ3) is 1.80. The fourth-order valence-electron chi connectivity index (χ4n) is 2.42. The first kappa shape index (κ1) is 8.52. The van der Waals surface area contributed by atoms with Gasteiger partial charge in [-0.3, -0.25) is 0 Å². The van der Waals surface area contributed by atoms with E-state index in [2.05, 4.69) is 5.32 Å². The van der Waals surface area contributed by atoms with Crippen LogP contribution >= 0.6 is 0 Å². The highest BCUT2D eigenvalue weighted by molar-refractivity contribution is 4.90. The van der Waals surface area contributed by atoms with Gasteiger partial charge in [0.2, 0.25) is 0 Å². The minimum atomic E-state index is -0.260. The molecule has 0 bridgehead atoms. The highest BCUT2D eigenvalue weighted by atomic mass is 16.3. The van der Waals surface area contributed by atoms with Gasteiger partial charge in [-0.1, -0.05) is 0 Å². The minimum absolute atomic E-state index is 0.260. The quantitative estimate of drug-likeness (QED) is 0.653. The number of hydrogen-bond acceptors (Lipinski definition) is 2. The van der Waals surface area contributed by atoms with Gasteiger partial charge >= 0.3 is 0 Å². The average molecular weight is 169 g/mol. The molecular formula is C10H19NO. The van der Waals surface area contributed by atoms with E-state index in [4.69, 9.17) is 0 Å². The predicted octanol–water partition coefficient (Wildman–Crippen LogP) is 1.29. The van der Waals surface area contributed by atoms with Crippen molar-refractivity contribution in [1.82, 2.24) is 5.32 Å². The van der Waals surface area contributed by atoms with E-state index < -0.39 is 0 Å². The lowest BCUT2D eigenvalue weighted by Gasteiger charge is -2.40. The molecule has 1 aliphatic carbocycles. The normalized spacial score (nSPS) is 34.2. The maximum Gasteiger partial charge on any atom is 0.0651 e. The molecule has 12 heavy (non-hydrogen) atoms. The number of nitrogens with one attached hydrogen (secondary N) is 1. The molecule has 2 rings (SSSR count). The number of aliphatic hydroxyl groups is 1. The summed E-state index contributed by atoms with van der Waals surface area (Å²) in [5.41, 5.74) is -0.260. The molecule has 2 aliphatic rings. The Labute approximate surface area is 74.4 Å². The van der Waals surface area contributed by atoms with Crippen molar-refractivity contribution in [2.75, 3.05) is 13.1 Å². The lowest BCUT2D eigenvalue weighted by Crippen LogP contribution is -2.42. The second-order valence-electron chi connectivity index (χ2n) is 4.49. The zero-order valence-corrected chi connectivity index (χ0v) is 7.68. The molecule has 0 aromatic carbocycles. The van der Waals surface area contributed by atoms with Crippen LogP contribution in [-0.4, -0.2) is 23.8 Å². The third-order valence-corrected chi connectivity index (χ3v) is 3.35. The number of hydrogen-bond donors (Lipinski definition) is 2. The topological polar surface area (TPSA) is 32.3 Å². The highest BCUT2D eigenvalue weighted by Gasteiger charge is 2.36. The summed E-state index contributed by atoms with van der Waals surface area (Å²) in [5.74, 6) is 0.740. The van der Waals surface area contributed by atoms with Gasteiger partial charge in [0.25, 0.3) is 0 Å². The van der Waals surface area contributed by atoms with E-state index in [0.29, 0.717) is 0 Å². The summed E-state index contributed by atoms with van der Waals surface area (Å²) in [6.45, 7) is 2.30. The fourth-order valence-corrected chi connectivity index (χ4v) is 2.42. The molecule has 2 nitrogen and oxygen atoms in total. The Kier molecular flexibility index (Phi) is 2.37. The maximum atomic E-state index is 9.93. The van der Waals surface area contributed by atoms with Crippen LogP contribution in [0.4, 0.5) is 0 Å². The largest absolute Gasteiger partial charge is 0.390 e. The van der Waals surface area contributed by atoms with Gasteiger partial charge in [-0.15, -0.1) is 0 Å². The number of piperidine rings is 1. The lowest BCUT2D eigenvalue weighted by atomic mass is 9.73. The molecule has 1 saturated heterocycles. The van der Waals surface area contributed by atoms with E-state index in [1.807, 2.05) is 0 Å². The summed E-state index contributed by atoms with van der Waals surface area (Å²) in [4.78, 5) is 0. The van der Waals surface area contributed by atoms with Crippen LogP contribution in [-0.2, 0) is 0 Å². The molecule has 1 aliphatic heterocycles. The van der Waals surface area contributed by atoms with Crippen molar-refractivity contribution < 1.29 is 5.11 Å². The van der Waals surface area contributed by atoms with Crippen LogP contribution in [0.1, 0.15) is 38.5 Å². The van der Waals surface area contributed by atoms with Crippen LogP contribution in [0.15, 0.2) is 0 Å². The molecule has 2 N–H and O–H groups in total. The summed E-state index contributed by atoms with van der Waals surface area (Å²) in [6.07, 6.45) is 6.97. The second kappa shape index (κ2) is 3.35. The molecule has 1 heterocycles. The van der Waals surface area contributed by atoms with Crippen LogP contribution in [0.2, 0.25) is 0 Å². The summed E-state index contributed by atoms with van der Waals surface area (Å²) < 4.78 is 0. The van der Waals surface area contributed by atoms with E-state index in [-0.39, 0.29) is 5.60 Å². The summed E-state index contributed by atoms with van der Waals surface area (Å²) in [6, 6.07) is 0. The molecule has 0 aromatic heterocycles. The van der Waals surface area contributed by atoms with E-state index in [1.165, 1.54) is 25.8 Å². The first-order chi connectivity index (χ1) is 5.79. The Hall–Kier alpha value is -0.0800. The molecule has 70 valence electrons. The zero-order chi connectivity index (χ0) is 8.44. The molecule has 0 amide bonds. The maximum absolute atomic E-state index is 9.93. The van der Waals surface area contributed by atoms with Crippen molar-refractivity contribution in [3.05, 3.63) is 0 Å². The third-order valence-electron chi connectivity index (χ3n) is 3.35. The van der Waals surface area contributed by atoms with Crippen LogP contribution in [0.3, 0.4) is 0 Å². The van der Waals surface area contributed by atoms with Crippen molar-refractivity contribution >= 4 is 0 Å². The van der Waals surface area contributed by atoms with Gasteiger partial charge < -0.3 is 10.4 Å². The van der Waals surface area contributed by atoms with E-state index in [1.54, 1.807) is 0 Å². The van der Waals surface area contributed by atoms with Gasteiger partial charge in [0, 0.05) is 0 Å². The SMILES string of the molecule is OC1(CC2CCCNC2)CCC1. The Morgan fingerprint density at radius 1 is 1.33 bits per heavy atom. The molecule has 1 unspecified atom stereocenters. The van der Waals surface area contributed by atoms with Gasteiger partial charge in [-0.25, -0.2) is 0 Å². The lowest BCUT2D eigenvalue weighted by molar-refractivity contribution is -0.0545. The standard InChI is InChI=1S/C10H19NO/c12-10(4-2-5-10)7-9-3-1-6-11-8-9/h9,11-12H,1-8H2. The molecule has 1 atom stereocenters. The molecule has 0 radical (unpaired) electrons. The monoisotopic (exact) mass is 169 g/mol. The van der Waals surface area contributed by atoms with Gasteiger partial charge in [0.15, 0.2) is 0 Å². The first-order valence-corrected chi connectivity index (χ1v) is 5.22. The Bertz CT molecular complexity index is 148. The Morgan fingerprint density at radius 2 is 2.17 bits per heavy atom. The van der Waals surface area contributed by atoms with Gasteiger partial charge in [-0.05, 0) is 57.5 Å². The summed E-state index contributed by atoms with van der Waals surface area (Å²) in [7, 11) is 0. The molecule has 0 spiro atoms. The van der Waals surface area contributed by atoms with Crippen LogP contribution in [0, 0.1) is 5.92 Å². The Morgan fingerprint density at radius 3 is 2.67 bits per heavy atom. The first-order valence-electron chi connectivity index (χ1n) is 5.22. The predicted molar refractivity (Wildman–Crippen MR) is 49.0 cm³/mol. The van der Waals surface area contributed by atoms with Crippen molar-refractivity contribution in [1.29, 1.82) is 0 Å². The minimum Gasteiger partial charge on any atom is -0.390 e. The second-order valence-corrected chi connectivity index (χ2v) is 4.49. The smallest absolute Gasteiger partial charge is 0.0651 e. The van der Waals surface area contributed by atoms with Crippen molar-refractivity contribution in [2.45, 2.75) is 44.1 Å². The van der Waals surface area contributed by atoms with Crippen LogP contribution < -0.4 is 5.32 Å². The number of rotatable bonds is 2. The van der Waals surface area contributed by atoms with Crippen LogP contribution in [0.5, 0.6) is 0 Å². The highest BCUT2D eigenvalue weighted by Crippen LogP contribution is 2.38. The molecular weight excluding hydrogens is 150 g/mol. The molecule has 2 fully saturated rings. The summed E-state index contributed by atoms with van der Waals surface area (Å²) in [5, 5.41) is 13.3.